The molecule has 0 radical (unpaired) electrons. The molecule has 0 fully saturated rings. The van der Waals surface area contributed by atoms with Crippen LogP contribution < -0.4 is 11.1 Å². The van der Waals surface area contributed by atoms with Crippen LogP contribution in [0.5, 0.6) is 0 Å². The van der Waals surface area contributed by atoms with Crippen molar-refractivity contribution in [2.45, 2.75) is 6.42 Å². The Bertz CT molecular complexity index is 423. The summed E-state index contributed by atoms with van der Waals surface area (Å²) in [5.74, 6) is -2.12. The summed E-state index contributed by atoms with van der Waals surface area (Å²) in [6, 6.07) is 2.68. The maximum atomic E-state index is 13.1. The maximum absolute atomic E-state index is 13.1. The van der Waals surface area contributed by atoms with Gasteiger partial charge in [-0.2, -0.15) is 0 Å². The third-order valence-corrected chi connectivity index (χ3v) is 2.03. The van der Waals surface area contributed by atoms with Crippen molar-refractivity contribution in [3.05, 3.63) is 35.4 Å². The molecule has 0 aliphatic heterocycles. The third kappa shape index (κ3) is 3.54. The van der Waals surface area contributed by atoms with Crippen molar-refractivity contribution in [1.29, 1.82) is 0 Å². The molecule has 1 aromatic rings. The van der Waals surface area contributed by atoms with Crippen molar-refractivity contribution in [3.63, 3.8) is 0 Å². The van der Waals surface area contributed by atoms with E-state index in [9.17, 15) is 13.6 Å². The molecule has 0 bridgehead atoms. The summed E-state index contributed by atoms with van der Waals surface area (Å²) in [5, 5.41) is 2.39. The molecule has 0 saturated heterocycles. The standard InChI is InChI=1S/C10H10F2N2OS/c11-6-1-2-8(12)7(5-6)10(15)14-4-3-9(13)16/h1-2,5H,3-4H2,(H2,13,16)(H,14,15). The van der Waals surface area contributed by atoms with Crippen LogP contribution in [0.4, 0.5) is 8.78 Å². The first-order chi connectivity index (χ1) is 7.50. The minimum absolute atomic E-state index is 0.199. The molecule has 0 unspecified atom stereocenters. The van der Waals surface area contributed by atoms with Crippen molar-refractivity contribution in [2.75, 3.05) is 6.54 Å². The highest BCUT2D eigenvalue weighted by atomic mass is 32.1. The fourth-order valence-corrected chi connectivity index (χ4v) is 1.17. The predicted octanol–water partition coefficient (Wildman–Crippen LogP) is 1.37. The zero-order valence-corrected chi connectivity index (χ0v) is 9.11. The number of amides is 1. The van der Waals surface area contributed by atoms with Crippen LogP contribution in [0.2, 0.25) is 0 Å². The molecule has 0 atom stereocenters. The normalized spacial score (nSPS) is 9.88. The molecule has 0 aromatic heterocycles. The Morgan fingerprint density at radius 1 is 1.44 bits per heavy atom. The van der Waals surface area contributed by atoms with E-state index in [4.69, 9.17) is 5.73 Å². The lowest BCUT2D eigenvalue weighted by Crippen LogP contribution is -2.28. The first kappa shape index (κ1) is 12.5. The van der Waals surface area contributed by atoms with E-state index in [1.54, 1.807) is 0 Å². The zero-order chi connectivity index (χ0) is 12.1. The van der Waals surface area contributed by atoms with Crippen molar-refractivity contribution in [1.82, 2.24) is 5.32 Å². The molecule has 0 aliphatic carbocycles. The number of benzene rings is 1. The lowest BCUT2D eigenvalue weighted by Gasteiger charge is -2.05. The Labute approximate surface area is 96.6 Å². The van der Waals surface area contributed by atoms with Gasteiger partial charge >= 0.3 is 0 Å². The van der Waals surface area contributed by atoms with Gasteiger partial charge in [0.2, 0.25) is 0 Å². The quantitative estimate of drug-likeness (QED) is 0.786. The van der Waals surface area contributed by atoms with Crippen LogP contribution in [-0.2, 0) is 0 Å². The first-order valence-corrected chi connectivity index (χ1v) is 4.93. The second kappa shape index (κ2) is 5.50. The van der Waals surface area contributed by atoms with Gasteiger partial charge in [0, 0.05) is 13.0 Å². The molecule has 1 aromatic carbocycles. The van der Waals surface area contributed by atoms with E-state index in [1.807, 2.05) is 0 Å². The van der Waals surface area contributed by atoms with Crippen LogP contribution in [0.25, 0.3) is 0 Å². The molecule has 86 valence electrons. The third-order valence-electron chi connectivity index (χ3n) is 1.83. The van der Waals surface area contributed by atoms with Gasteiger partial charge in [-0.3, -0.25) is 4.79 Å². The smallest absolute Gasteiger partial charge is 0.254 e. The lowest BCUT2D eigenvalue weighted by molar-refractivity contribution is 0.0950. The van der Waals surface area contributed by atoms with E-state index >= 15 is 0 Å². The molecule has 0 heterocycles. The minimum atomic E-state index is -0.769. The van der Waals surface area contributed by atoms with E-state index in [0.717, 1.165) is 18.2 Å². The molecule has 6 heteroatoms. The SMILES string of the molecule is NC(=S)CCNC(=O)c1cc(F)ccc1F. The first-order valence-electron chi connectivity index (χ1n) is 4.52. The summed E-state index contributed by atoms with van der Waals surface area (Å²) in [5.41, 5.74) is 4.89. The lowest BCUT2D eigenvalue weighted by atomic mass is 10.2. The average molecular weight is 244 g/mol. The highest BCUT2D eigenvalue weighted by Gasteiger charge is 2.11. The summed E-state index contributed by atoms with van der Waals surface area (Å²) in [6.45, 7) is 0.199. The maximum Gasteiger partial charge on any atom is 0.254 e. The molecule has 1 rings (SSSR count). The Morgan fingerprint density at radius 2 is 2.12 bits per heavy atom. The molecule has 3 N–H and O–H groups in total. The molecule has 3 nitrogen and oxygen atoms in total. The number of hydrogen-bond donors (Lipinski definition) is 2. The van der Waals surface area contributed by atoms with E-state index in [-0.39, 0.29) is 17.1 Å². The fraction of sp³-hybridized carbons (Fsp3) is 0.200. The van der Waals surface area contributed by atoms with Gasteiger partial charge < -0.3 is 11.1 Å². The van der Waals surface area contributed by atoms with Gasteiger partial charge in [-0.1, -0.05) is 12.2 Å². The largest absolute Gasteiger partial charge is 0.393 e. The summed E-state index contributed by atoms with van der Waals surface area (Å²) in [6.07, 6.45) is 0.317. The Balaban J connectivity index is 2.65. The van der Waals surface area contributed by atoms with Gasteiger partial charge in [0.15, 0.2) is 0 Å². The van der Waals surface area contributed by atoms with Crippen LogP contribution in [0.1, 0.15) is 16.8 Å². The van der Waals surface area contributed by atoms with E-state index < -0.39 is 17.5 Å². The molecule has 0 saturated carbocycles. The Hall–Kier alpha value is -1.56. The molecular weight excluding hydrogens is 234 g/mol. The number of carbonyl (C=O) groups is 1. The van der Waals surface area contributed by atoms with Crippen LogP contribution in [-0.4, -0.2) is 17.4 Å². The summed E-state index contributed by atoms with van der Waals surface area (Å²) >= 11 is 4.60. The zero-order valence-electron chi connectivity index (χ0n) is 8.30. The topological polar surface area (TPSA) is 55.1 Å². The number of halogens is 2. The molecular formula is C10H10F2N2OS. The second-order valence-electron chi connectivity index (χ2n) is 3.10. The van der Waals surface area contributed by atoms with Crippen LogP contribution in [0.3, 0.4) is 0 Å². The summed E-state index contributed by atoms with van der Waals surface area (Å²) in [4.78, 5) is 11.6. The summed E-state index contributed by atoms with van der Waals surface area (Å²) < 4.78 is 25.9. The van der Waals surface area contributed by atoms with E-state index in [0.29, 0.717) is 6.42 Å². The second-order valence-corrected chi connectivity index (χ2v) is 3.62. The van der Waals surface area contributed by atoms with Crippen molar-refractivity contribution in [3.8, 4) is 0 Å². The fourth-order valence-electron chi connectivity index (χ4n) is 1.07. The number of carbonyl (C=O) groups excluding carboxylic acids is 1. The highest BCUT2D eigenvalue weighted by Crippen LogP contribution is 2.09. The van der Waals surface area contributed by atoms with Crippen molar-refractivity contribution >= 4 is 23.1 Å². The predicted molar refractivity (Wildman–Crippen MR) is 60.1 cm³/mol. The monoisotopic (exact) mass is 244 g/mol. The average Bonchev–Trinajstić information content (AvgIpc) is 2.21. The minimum Gasteiger partial charge on any atom is -0.393 e. The number of thiocarbonyl (C=S) groups is 1. The van der Waals surface area contributed by atoms with Crippen LogP contribution in [0, 0.1) is 11.6 Å². The van der Waals surface area contributed by atoms with Gasteiger partial charge in [0.25, 0.3) is 5.91 Å². The van der Waals surface area contributed by atoms with Crippen LogP contribution >= 0.6 is 12.2 Å². The molecule has 0 aliphatic rings. The van der Waals surface area contributed by atoms with E-state index in [2.05, 4.69) is 17.5 Å². The molecule has 0 spiro atoms. The Morgan fingerprint density at radius 3 is 2.75 bits per heavy atom. The van der Waals surface area contributed by atoms with Gasteiger partial charge in [-0.25, -0.2) is 8.78 Å². The number of hydrogen-bond acceptors (Lipinski definition) is 2. The van der Waals surface area contributed by atoms with Gasteiger partial charge in [0.05, 0.1) is 10.6 Å². The Kier molecular flexibility index (Phi) is 4.30. The van der Waals surface area contributed by atoms with Gasteiger partial charge in [-0.15, -0.1) is 0 Å². The van der Waals surface area contributed by atoms with Gasteiger partial charge in [-0.05, 0) is 18.2 Å². The van der Waals surface area contributed by atoms with Gasteiger partial charge in [0.1, 0.15) is 11.6 Å². The number of nitrogens with two attached hydrogens (primary N) is 1. The van der Waals surface area contributed by atoms with Crippen molar-refractivity contribution < 1.29 is 13.6 Å². The van der Waals surface area contributed by atoms with Crippen molar-refractivity contribution in [2.24, 2.45) is 5.73 Å². The van der Waals surface area contributed by atoms with E-state index in [1.165, 1.54) is 0 Å². The van der Waals surface area contributed by atoms with Crippen LogP contribution in [0.15, 0.2) is 18.2 Å². The highest BCUT2D eigenvalue weighted by molar-refractivity contribution is 7.80. The number of nitrogens with one attached hydrogen (secondary N) is 1. The summed E-state index contributed by atoms with van der Waals surface area (Å²) in [7, 11) is 0. The number of rotatable bonds is 4. The molecule has 1 amide bonds. The molecule has 16 heavy (non-hydrogen) atoms.